The van der Waals surface area contributed by atoms with Gasteiger partial charge < -0.3 is 4.74 Å². The van der Waals surface area contributed by atoms with Crippen molar-refractivity contribution in [3.63, 3.8) is 0 Å². The van der Waals surface area contributed by atoms with Crippen LogP contribution < -0.4 is 0 Å². The van der Waals surface area contributed by atoms with Crippen molar-refractivity contribution >= 4 is 5.97 Å². The molecule has 0 aromatic rings. The first-order chi connectivity index (χ1) is 7.26. The van der Waals surface area contributed by atoms with Crippen molar-refractivity contribution in [3.8, 4) is 0 Å². The molecule has 0 amide bonds. The third-order valence-electron chi connectivity index (χ3n) is 3.53. The summed E-state index contributed by atoms with van der Waals surface area (Å²) >= 11 is 0. The predicted molar refractivity (Wildman–Crippen MR) is 61.6 cm³/mol. The molecule has 1 aliphatic rings. The van der Waals surface area contributed by atoms with Crippen LogP contribution in [0.25, 0.3) is 0 Å². The quantitative estimate of drug-likeness (QED) is 0.629. The van der Waals surface area contributed by atoms with Crippen LogP contribution in [0.3, 0.4) is 0 Å². The Morgan fingerprint density at radius 1 is 1.27 bits per heavy atom. The molecule has 88 valence electrons. The molecule has 0 aromatic heterocycles. The van der Waals surface area contributed by atoms with Crippen LogP contribution in [0.2, 0.25) is 0 Å². The molecule has 0 N–H and O–H groups in total. The molecular weight excluding hydrogens is 188 g/mol. The Morgan fingerprint density at radius 3 is 2.60 bits per heavy atom. The number of hydrogen-bond acceptors (Lipinski definition) is 2. The van der Waals surface area contributed by atoms with Gasteiger partial charge in [0, 0.05) is 6.42 Å². The molecule has 0 aliphatic heterocycles. The Bertz CT molecular complexity index is 189. The lowest BCUT2D eigenvalue weighted by molar-refractivity contribution is -0.143. The zero-order chi connectivity index (χ0) is 11.1. The minimum absolute atomic E-state index is 0.0254. The van der Waals surface area contributed by atoms with E-state index >= 15 is 0 Å². The van der Waals surface area contributed by atoms with Crippen molar-refractivity contribution in [2.24, 2.45) is 11.8 Å². The van der Waals surface area contributed by atoms with Crippen LogP contribution in [-0.4, -0.2) is 12.6 Å². The molecule has 1 saturated carbocycles. The second-order valence-electron chi connectivity index (χ2n) is 4.65. The number of ether oxygens (including phenoxy) is 1. The van der Waals surface area contributed by atoms with Gasteiger partial charge in [-0.15, -0.1) is 0 Å². The van der Waals surface area contributed by atoms with Gasteiger partial charge >= 0.3 is 5.97 Å². The molecule has 2 atom stereocenters. The zero-order valence-corrected chi connectivity index (χ0v) is 10.1. The van der Waals surface area contributed by atoms with Crippen LogP contribution in [0, 0.1) is 11.8 Å². The van der Waals surface area contributed by atoms with Crippen LogP contribution in [0.5, 0.6) is 0 Å². The standard InChI is InChI=1S/C13H24O2/c1-3-11-8-9-12(10-11)6-5-7-13(14)15-4-2/h11-12H,3-10H2,1-2H3. The smallest absolute Gasteiger partial charge is 0.305 e. The lowest BCUT2D eigenvalue weighted by atomic mass is 9.98. The molecule has 0 saturated heterocycles. The van der Waals surface area contributed by atoms with Gasteiger partial charge in [0.05, 0.1) is 6.61 Å². The second kappa shape index (κ2) is 6.86. The average Bonchev–Trinajstić information content (AvgIpc) is 2.66. The minimum atomic E-state index is -0.0254. The van der Waals surface area contributed by atoms with Crippen molar-refractivity contribution in [1.29, 1.82) is 0 Å². The fraction of sp³-hybridized carbons (Fsp3) is 0.923. The third kappa shape index (κ3) is 4.67. The van der Waals surface area contributed by atoms with E-state index in [1.807, 2.05) is 6.92 Å². The fourth-order valence-corrected chi connectivity index (χ4v) is 2.58. The Balaban J connectivity index is 2.03. The predicted octanol–water partition coefficient (Wildman–Crippen LogP) is 3.55. The Labute approximate surface area is 93.4 Å². The Morgan fingerprint density at radius 2 is 2.00 bits per heavy atom. The molecule has 2 unspecified atom stereocenters. The topological polar surface area (TPSA) is 26.3 Å². The van der Waals surface area contributed by atoms with E-state index in [0.29, 0.717) is 13.0 Å². The fourth-order valence-electron chi connectivity index (χ4n) is 2.58. The van der Waals surface area contributed by atoms with Gasteiger partial charge in [0.25, 0.3) is 0 Å². The van der Waals surface area contributed by atoms with Gasteiger partial charge in [-0.05, 0) is 38.0 Å². The van der Waals surface area contributed by atoms with Gasteiger partial charge in [0.1, 0.15) is 0 Å². The molecule has 15 heavy (non-hydrogen) atoms. The van der Waals surface area contributed by atoms with E-state index in [1.54, 1.807) is 0 Å². The molecule has 0 aromatic carbocycles. The molecular formula is C13H24O2. The molecule has 1 aliphatic carbocycles. The normalized spacial score (nSPS) is 25.5. The second-order valence-corrected chi connectivity index (χ2v) is 4.65. The van der Waals surface area contributed by atoms with Gasteiger partial charge in [-0.3, -0.25) is 4.79 Å². The van der Waals surface area contributed by atoms with Crippen LogP contribution in [-0.2, 0) is 9.53 Å². The van der Waals surface area contributed by atoms with Gasteiger partial charge in [-0.25, -0.2) is 0 Å². The summed E-state index contributed by atoms with van der Waals surface area (Å²) in [6.07, 6.45) is 8.34. The molecule has 2 nitrogen and oxygen atoms in total. The molecule has 0 heterocycles. The maximum atomic E-state index is 11.1. The minimum Gasteiger partial charge on any atom is -0.466 e. The number of carbonyl (C=O) groups excluding carboxylic acids is 1. The summed E-state index contributed by atoms with van der Waals surface area (Å²) < 4.78 is 4.91. The summed E-state index contributed by atoms with van der Waals surface area (Å²) in [4.78, 5) is 11.1. The molecule has 0 spiro atoms. The van der Waals surface area contributed by atoms with E-state index in [0.717, 1.165) is 18.3 Å². The van der Waals surface area contributed by atoms with Crippen molar-refractivity contribution in [2.75, 3.05) is 6.61 Å². The van der Waals surface area contributed by atoms with E-state index in [-0.39, 0.29) is 5.97 Å². The van der Waals surface area contributed by atoms with Gasteiger partial charge in [-0.1, -0.05) is 26.2 Å². The summed E-state index contributed by atoms with van der Waals surface area (Å²) in [5, 5.41) is 0. The molecule has 2 heteroatoms. The summed E-state index contributed by atoms with van der Waals surface area (Å²) in [6, 6.07) is 0. The number of rotatable bonds is 6. The Hall–Kier alpha value is -0.530. The van der Waals surface area contributed by atoms with Crippen molar-refractivity contribution < 1.29 is 9.53 Å². The lowest BCUT2D eigenvalue weighted by Gasteiger charge is -2.09. The van der Waals surface area contributed by atoms with E-state index in [1.165, 1.54) is 32.1 Å². The highest BCUT2D eigenvalue weighted by Crippen LogP contribution is 2.35. The summed E-state index contributed by atoms with van der Waals surface area (Å²) in [5.74, 6) is 1.81. The first-order valence-electron chi connectivity index (χ1n) is 6.41. The van der Waals surface area contributed by atoms with Crippen molar-refractivity contribution in [1.82, 2.24) is 0 Å². The van der Waals surface area contributed by atoms with E-state index in [9.17, 15) is 4.79 Å². The van der Waals surface area contributed by atoms with Gasteiger partial charge in [0.15, 0.2) is 0 Å². The van der Waals surface area contributed by atoms with E-state index in [2.05, 4.69) is 6.92 Å². The monoisotopic (exact) mass is 212 g/mol. The highest BCUT2D eigenvalue weighted by molar-refractivity contribution is 5.69. The first-order valence-corrected chi connectivity index (χ1v) is 6.41. The maximum Gasteiger partial charge on any atom is 0.305 e. The van der Waals surface area contributed by atoms with E-state index < -0.39 is 0 Å². The van der Waals surface area contributed by atoms with Crippen LogP contribution >= 0.6 is 0 Å². The summed E-state index contributed by atoms with van der Waals surface area (Å²) in [5.41, 5.74) is 0. The highest BCUT2D eigenvalue weighted by Gasteiger charge is 2.22. The SMILES string of the molecule is CCOC(=O)CCCC1CCC(CC)C1. The first kappa shape index (κ1) is 12.5. The van der Waals surface area contributed by atoms with Crippen LogP contribution in [0.1, 0.15) is 58.8 Å². The highest BCUT2D eigenvalue weighted by atomic mass is 16.5. The van der Waals surface area contributed by atoms with E-state index in [4.69, 9.17) is 4.74 Å². The van der Waals surface area contributed by atoms with Gasteiger partial charge in [0.2, 0.25) is 0 Å². The lowest BCUT2D eigenvalue weighted by Crippen LogP contribution is -2.04. The zero-order valence-electron chi connectivity index (χ0n) is 10.1. The summed E-state index contributed by atoms with van der Waals surface area (Å²) in [7, 11) is 0. The largest absolute Gasteiger partial charge is 0.466 e. The number of hydrogen-bond donors (Lipinski definition) is 0. The molecule has 1 fully saturated rings. The molecule has 1 rings (SSSR count). The third-order valence-corrected chi connectivity index (χ3v) is 3.53. The number of carbonyl (C=O) groups is 1. The van der Waals surface area contributed by atoms with Crippen LogP contribution in [0.4, 0.5) is 0 Å². The Kier molecular flexibility index (Phi) is 5.74. The van der Waals surface area contributed by atoms with Gasteiger partial charge in [-0.2, -0.15) is 0 Å². The number of esters is 1. The van der Waals surface area contributed by atoms with Crippen LogP contribution in [0.15, 0.2) is 0 Å². The average molecular weight is 212 g/mol. The van der Waals surface area contributed by atoms with Crippen molar-refractivity contribution in [2.45, 2.75) is 58.8 Å². The summed E-state index contributed by atoms with van der Waals surface area (Å²) in [6.45, 7) is 4.66. The van der Waals surface area contributed by atoms with Crippen molar-refractivity contribution in [3.05, 3.63) is 0 Å². The molecule has 0 bridgehead atoms. The molecule has 0 radical (unpaired) electrons. The maximum absolute atomic E-state index is 11.1.